The molecule has 5 nitrogen and oxygen atoms in total. The van der Waals surface area contributed by atoms with Gasteiger partial charge in [-0.1, -0.05) is 13.2 Å². The first kappa shape index (κ1) is 19.8. The van der Waals surface area contributed by atoms with Gasteiger partial charge in [-0.2, -0.15) is 0 Å². The van der Waals surface area contributed by atoms with Gasteiger partial charge in [-0.15, -0.1) is 11.6 Å². The molecule has 1 aliphatic rings. The molecule has 0 atom stereocenters. The summed E-state index contributed by atoms with van der Waals surface area (Å²) in [6.07, 6.45) is 11.3. The zero-order valence-corrected chi connectivity index (χ0v) is 14.6. The molecule has 4 N–H and O–H groups in total. The topological polar surface area (TPSA) is 84.7 Å². The van der Waals surface area contributed by atoms with E-state index in [0.29, 0.717) is 11.3 Å². The van der Waals surface area contributed by atoms with Crippen LogP contribution in [0.5, 0.6) is 0 Å². The van der Waals surface area contributed by atoms with Gasteiger partial charge in [0.2, 0.25) is 0 Å². The third-order valence-corrected chi connectivity index (χ3v) is 4.15. The average molecular weight is 349 g/mol. The summed E-state index contributed by atoms with van der Waals surface area (Å²) in [5, 5.41) is 0. The van der Waals surface area contributed by atoms with Crippen molar-refractivity contribution in [2.24, 2.45) is 22.4 Å². The lowest BCUT2D eigenvalue weighted by Gasteiger charge is -2.33. The van der Waals surface area contributed by atoms with Gasteiger partial charge >= 0.3 is 0 Å². The molecule has 1 heterocycles. The van der Waals surface area contributed by atoms with Crippen LogP contribution >= 0.6 is 11.6 Å². The van der Waals surface area contributed by atoms with E-state index in [0.717, 1.165) is 31.6 Å². The smallest absolute Gasteiger partial charge is 0.150 e. The number of ketones is 1. The molecule has 1 aliphatic heterocycles. The highest BCUT2D eigenvalue weighted by molar-refractivity contribution is 6.27. The van der Waals surface area contributed by atoms with Gasteiger partial charge in [0, 0.05) is 42.7 Å². The highest BCUT2D eigenvalue weighted by Gasteiger charge is 2.24. The van der Waals surface area contributed by atoms with Gasteiger partial charge in [-0.3, -0.25) is 9.79 Å². The van der Waals surface area contributed by atoms with Crippen molar-refractivity contribution in [2.75, 3.05) is 19.0 Å². The molecular weight excluding hydrogens is 324 g/mol. The maximum atomic E-state index is 11.6. The molecule has 1 fully saturated rings. The van der Waals surface area contributed by atoms with Crippen LogP contribution in [0.3, 0.4) is 0 Å². The van der Waals surface area contributed by atoms with E-state index in [4.69, 9.17) is 23.1 Å². The molecule has 0 radical (unpaired) electrons. The Hall–Kier alpha value is -2.27. The lowest BCUT2D eigenvalue weighted by molar-refractivity contribution is -0.121. The van der Waals surface area contributed by atoms with E-state index in [1.807, 2.05) is 12.2 Å². The molecule has 0 amide bonds. The van der Waals surface area contributed by atoms with Gasteiger partial charge in [-0.25, -0.2) is 0 Å². The molecule has 130 valence electrons. The van der Waals surface area contributed by atoms with Crippen LogP contribution in [-0.4, -0.2) is 35.9 Å². The Morgan fingerprint density at radius 1 is 1.25 bits per heavy atom. The number of piperidine rings is 1. The Labute approximate surface area is 148 Å². The van der Waals surface area contributed by atoms with Crippen molar-refractivity contribution in [3.63, 3.8) is 0 Å². The number of Topliss-reactive ketones (excluding diaryl/α,β-unsaturated/α-hetero) is 1. The van der Waals surface area contributed by atoms with E-state index < -0.39 is 0 Å². The summed E-state index contributed by atoms with van der Waals surface area (Å²) >= 11 is 5.62. The first-order valence-electron chi connectivity index (χ1n) is 7.76. The van der Waals surface area contributed by atoms with Crippen molar-refractivity contribution in [3.8, 4) is 0 Å². The average Bonchev–Trinajstić information content (AvgIpc) is 2.61. The minimum Gasteiger partial charge on any atom is -0.405 e. The molecule has 6 heteroatoms. The van der Waals surface area contributed by atoms with Crippen molar-refractivity contribution >= 4 is 23.6 Å². The van der Waals surface area contributed by atoms with Crippen molar-refractivity contribution < 1.29 is 4.79 Å². The lowest BCUT2D eigenvalue weighted by atomic mass is 9.93. The molecule has 1 saturated heterocycles. The van der Waals surface area contributed by atoms with Crippen LogP contribution in [0, 0.1) is 5.92 Å². The highest BCUT2D eigenvalue weighted by atomic mass is 35.5. The minimum atomic E-state index is 0.0692. The normalized spacial score (nSPS) is 17.2. The molecular formula is C18H25ClN4O. The molecule has 0 unspecified atom stereocenters. The second-order valence-corrected chi connectivity index (χ2v) is 5.68. The van der Waals surface area contributed by atoms with Gasteiger partial charge in [0.15, 0.2) is 5.78 Å². The predicted molar refractivity (Wildman–Crippen MR) is 102 cm³/mol. The quantitative estimate of drug-likeness (QED) is 0.401. The van der Waals surface area contributed by atoms with Gasteiger partial charge < -0.3 is 16.4 Å². The fourth-order valence-corrected chi connectivity index (χ4v) is 2.61. The van der Waals surface area contributed by atoms with Crippen LogP contribution in [0.15, 0.2) is 65.7 Å². The predicted octanol–water partition coefficient (Wildman–Crippen LogP) is 2.48. The summed E-state index contributed by atoms with van der Waals surface area (Å²) in [5.41, 5.74) is 13.0. The standard InChI is InChI=1S/C18H25ClN4O/c1-14(23-10-6-16(7-11-23)18(24)12-19)4-5-17(13-21)15(2)22-9-3-8-20/h3-5,8-9,13,16H,1-2,6-7,10-12,20-21H2/b5-4-,8-3-,17-13+,22-9?. The summed E-state index contributed by atoms with van der Waals surface area (Å²) < 4.78 is 0. The molecule has 0 spiro atoms. The Morgan fingerprint density at radius 2 is 1.92 bits per heavy atom. The van der Waals surface area contributed by atoms with Crippen LogP contribution in [0.1, 0.15) is 12.8 Å². The Balaban J connectivity index is 2.59. The molecule has 1 rings (SSSR count). The fraction of sp³-hybridized carbons (Fsp3) is 0.333. The molecule has 0 saturated carbocycles. The maximum Gasteiger partial charge on any atom is 0.150 e. The molecule has 0 bridgehead atoms. The third-order valence-electron chi connectivity index (χ3n) is 3.88. The van der Waals surface area contributed by atoms with Crippen molar-refractivity contribution in [1.29, 1.82) is 0 Å². The van der Waals surface area contributed by atoms with Gasteiger partial charge in [0.25, 0.3) is 0 Å². The van der Waals surface area contributed by atoms with E-state index in [2.05, 4.69) is 23.1 Å². The van der Waals surface area contributed by atoms with Crippen molar-refractivity contribution in [2.45, 2.75) is 12.8 Å². The van der Waals surface area contributed by atoms with E-state index in [-0.39, 0.29) is 17.6 Å². The number of hydrogen-bond donors (Lipinski definition) is 2. The van der Waals surface area contributed by atoms with Crippen LogP contribution in [0.25, 0.3) is 0 Å². The highest BCUT2D eigenvalue weighted by Crippen LogP contribution is 2.22. The number of nitrogens with zero attached hydrogens (tertiary/aromatic N) is 2. The number of rotatable bonds is 8. The second-order valence-electron chi connectivity index (χ2n) is 5.42. The number of likely N-dealkylation sites (tertiary alicyclic amines) is 1. The van der Waals surface area contributed by atoms with Crippen LogP contribution < -0.4 is 11.5 Å². The van der Waals surface area contributed by atoms with Gasteiger partial charge in [0.05, 0.1) is 11.6 Å². The molecule has 0 aliphatic carbocycles. The maximum absolute atomic E-state index is 11.6. The number of alkyl halides is 1. The van der Waals surface area contributed by atoms with Crippen molar-refractivity contribution in [1.82, 2.24) is 4.90 Å². The fourth-order valence-electron chi connectivity index (χ4n) is 2.39. The largest absolute Gasteiger partial charge is 0.405 e. The minimum absolute atomic E-state index is 0.0692. The van der Waals surface area contributed by atoms with E-state index in [1.54, 1.807) is 12.3 Å². The first-order chi connectivity index (χ1) is 11.5. The summed E-state index contributed by atoms with van der Waals surface area (Å²) in [4.78, 5) is 17.9. The molecule has 0 aromatic rings. The lowest BCUT2D eigenvalue weighted by Crippen LogP contribution is -2.35. The SMILES string of the molecule is C=C(N=C/C=C\N)C(/C=C\C(=C)N1CCC(C(=O)CCl)CC1)=C/N. The number of aliphatic imine (C=N–C) groups is 1. The molecule has 0 aromatic carbocycles. The number of halogens is 1. The van der Waals surface area contributed by atoms with Gasteiger partial charge in [-0.05, 0) is 37.3 Å². The summed E-state index contributed by atoms with van der Waals surface area (Å²) in [6.45, 7) is 9.52. The van der Waals surface area contributed by atoms with Gasteiger partial charge in [0.1, 0.15) is 0 Å². The zero-order chi connectivity index (χ0) is 17.9. The number of hydrogen-bond acceptors (Lipinski definition) is 5. The monoisotopic (exact) mass is 348 g/mol. The van der Waals surface area contributed by atoms with Crippen LogP contribution in [0.2, 0.25) is 0 Å². The second kappa shape index (κ2) is 10.5. The summed E-state index contributed by atoms with van der Waals surface area (Å²) in [7, 11) is 0. The molecule has 24 heavy (non-hydrogen) atoms. The number of carbonyl (C=O) groups excluding carboxylic acids is 1. The van der Waals surface area contributed by atoms with Crippen LogP contribution in [-0.2, 0) is 4.79 Å². The van der Waals surface area contributed by atoms with Crippen molar-refractivity contribution in [3.05, 3.63) is 60.8 Å². The van der Waals surface area contributed by atoms with Crippen LogP contribution in [0.4, 0.5) is 0 Å². The Morgan fingerprint density at radius 3 is 2.46 bits per heavy atom. The Kier molecular flexibility index (Phi) is 8.65. The number of carbonyl (C=O) groups is 1. The van der Waals surface area contributed by atoms with E-state index >= 15 is 0 Å². The first-order valence-corrected chi connectivity index (χ1v) is 8.29. The number of nitrogens with two attached hydrogens (primary N) is 2. The zero-order valence-electron chi connectivity index (χ0n) is 13.8. The molecule has 0 aromatic heterocycles. The summed E-state index contributed by atoms with van der Waals surface area (Å²) in [5.74, 6) is 0.296. The third kappa shape index (κ3) is 6.08. The Bertz CT molecular complexity index is 582. The summed E-state index contributed by atoms with van der Waals surface area (Å²) in [6, 6.07) is 0. The number of allylic oxidation sites excluding steroid dienone is 3. The van der Waals surface area contributed by atoms with E-state index in [1.165, 1.54) is 12.4 Å². The van der Waals surface area contributed by atoms with E-state index in [9.17, 15) is 4.79 Å².